The van der Waals surface area contributed by atoms with Gasteiger partial charge in [0.25, 0.3) is 5.91 Å². The van der Waals surface area contributed by atoms with Crippen LogP contribution in [-0.4, -0.2) is 54.6 Å². The summed E-state index contributed by atoms with van der Waals surface area (Å²) in [5.41, 5.74) is 3.33. The molecule has 4 atom stereocenters. The van der Waals surface area contributed by atoms with Crippen molar-refractivity contribution in [3.63, 3.8) is 0 Å². The largest absolute Gasteiger partial charge is 0.484 e. The summed E-state index contributed by atoms with van der Waals surface area (Å²) >= 11 is 5.66. The van der Waals surface area contributed by atoms with Gasteiger partial charge in [0.2, 0.25) is 5.91 Å². The Kier molecular flexibility index (Phi) is 6.69. The zero-order valence-electron chi connectivity index (χ0n) is 17.9. The van der Waals surface area contributed by atoms with Crippen LogP contribution in [0.15, 0.2) is 18.2 Å². The normalized spacial score (nSPS) is 32.3. The molecule has 3 saturated carbocycles. The summed E-state index contributed by atoms with van der Waals surface area (Å²) in [4.78, 5) is 25.2. The van der Waals surface area contributed by atoms with Gasteiger partial charge in [-0.2, -0.15) is 0 Å². The first-order valence-electron chi connectivity index (χ1n) is 11.0. The van der Waals surface area contributed by atoms with Crippen LogP contribution in [0.4, 0.5) is 4.39 Å². The Morgan fingerprint density at radius 3 is 2.55 bits per heavy atom. The van der Waals surface area contributed by atoms with Crippen LogP contribution < -0.4 is 20.8 Å². The minimum absolute atomic E-state index is 0.0103. The number of ether oxygens (including phenoxy) is 1. The van der Waals surface area contributed by atoms with Gasteiger partial charge < -0.3 is 15.4 Å². The second-order valence-electron chi connectivity index (χ2n) is 8.98. The average Bonchev–Trinajstić information content (AvgIpc) is 3.09. The maximum absolute atomic E-state index is 13.5. The lowest BCUT2D eigenvalue weighted by Gasteiger charge is -2.51. The third kappa shape index (κ3) is 4.96. The minimum Gasteiger partial charge on any atom is -0.484 e. The predicted molar refractivity (Wildman–Crippen MR) is 115 cm³/mol. The molecule has 1 heterocycles. The molecule has 1 saturated heterocycles. The van der Waals surface area contributed by atoms with E-state index in [2.05, 4.69) is 23.0 Å². The van der Waals surface area contributed by atoms with E-state index >= 15 is 0 Å². The quantitative estimate of drug-likeness (QED) is 0.591. The van der Waals surface area contributed by atoms with Crippen LogP contribution in [0.3, 0.4) is 0 Å². The van der Waals surface area contributed by atoms with Crippen molar-refractivity contribution in [1.82, 2.24) is 21.1 Å². The molecule has 1 aromatic carbocycles. The molecule has 1 aromatic rings. The molecule has 5 rings (SSSR count). The molecule has 2 amide bonds. The first kappa shape index (κ1) is 22.3. The lowest BCUT2D eigenvalue weighted by Crippen LogP contribution is -2.61. The molecule has 4 unspecified atom stereocenters. The van der Waals surface area contributed by atoms with Crippen molar-refractivity contribution < 1.29 is 18.7 Å². The van der Waals surface area contributed by atoms with Gasteiger partial charge in [-0.3, -0.25) is 15.0 Å². The van der Waals surface area contributed by atoms with Crippen molar-refractivity contribution in [2.75, 3.05) is 13.7 Å². The van der Waals surface area contributed by atoms with Crippen molar-refractivity contribution in [1.29, 1.82) is 0 Å². The van der Waals surface area contributed by atoms with E-state index in [1.54, 1.807) is 0 Å². The van der Waals surface area contributed by atoms with Gasteiger partial charge in [-0.1, -0.05) is 18.5 Å². The molecule has 0 aromatic heterocycles. The molecule has 0 spiro atoms. The van der Waals surface area contributed by atoms with Gasteiger partial charge in [-0.25, -0.2) is 9.40 Å². The monoisotopic (exact) mass is 452 g/mol. The highest BCUT2D eigenvalue weighted by Gasteiger charge is 2.47. The summed E-state index contributed by atoms with van der Waals surface area (Å²) in [6.07, 6.45) is 4.54. The van der Waals surface area contributed by atoms with E-state index < -0.39 is 5.82 Å². The van der Waals surface area contributed by atoms with Gasteiger partial charge in [0, 0.05) is 31.2 Å². The molecular weight excluding hydrogens is 423 g/mol. The number of hydrogen-bond acceptors (Lipinski definition) is 5. The van der Waals surface area contributed by atoms with Crippen LogP contribution in [0.2, 0.25) is 5.02 Å². The van der Waals surface area contributed by atoms with Gasteiger partial charge in [0.1, 0.15) is 17.6 Å². The molecule has 4 fully saturated rings. The zero-order chi connectivity index (χ0) is 22.1. The number of likely N-dealkylation sites (N-methyl/N-ethyl adjacent to an activating group) is 1. The fraction of sp³-hybridized carbons (Fsp3) is 0.636. The average molecular weight is 453 g/mol. The topological polar surface area (TPSA) is 82.7 Å². The van der Waals surface area contributed by atoms with Crippen molar-refractivity contribution in [3.05, 3.63) is 29.0 Å². The number of nitrogens with zero attached hydrogens (tertiary/aromatic N) is 1. The Hall–Kier alpha value is -1.90. The summed E-state index contributed by atoms with van der Waals surface area (Å²) < 4.78 is 18.9. The molecule has 3 aliphatic carbocycles. The summed E-state index contributed by atoms with van der Waals surface area (Å²) in [6, 6.07) is 4.34. The first-order chi connectivity index (χ1) is 14.8. The number of hydrogen-bond donors (Lipinski definition) is 3. The second kappa shape index (κ2) is 9.30. The van der Waals surface area contributed by atoms with E-state index in [9.17, 15) is 14.0 Å². The van der Waals surface area contributed by atoms with Gasteiger partial charge in [0.05, 0.1) is 5.02 Å². The third-order valence-corrected chi connectivity index (χ3v) is 7.26. The molecule has 3 N–H and O–H groups in total. The van der Waals surface area contributed by atoms with E-state index in [0.29, 0.717) is 17.9 Å². The van der Waals surface area contributed by atoms with E-state index in [4.69, 9.17) is 16.3 Å². The third-order valence-electron chi connectivity index (χ3n) is 6.95. The molecule has 9 heteroatoms. The Balaban J connectivity index is 1.27. The fourth-order valence-corrected chi connectivity index (χ4v) is 5.14. The number of hydrazine groups is 1. The number of amides is 2. The van der Waals surface area contributed by atoms with Crippen molar-refractivity contribution in [2.24, 2.45) is 11.8 Å². The molecule has 1 aliphatic heterocycles. The number of carbonyl (C=O) groups excluding carboxylic acids is 2. The van der Waals surface area contributed by atoms with Gasteiger partial charge >= 0.3 is 0 Å². The number of carbonyl (C=O) groups is 2. The summed E-state index contributed by atoms with van der Waals surface area (Å²) in [5.74, 6) is 0.404. The van der Waals surface area contributed by atoms with Crippen molar-refractivity contribution in [2.45, 2.75) is 63.2 Å². The van der Waals surface area contributed by atoms with E-state index in [0.717, 1.165) is 38.2 Å². The lowest BCUT2D eigenvalue weighted by molar-refractivity contribution is -0.129. The van der Waals surface area contributed by atoms with E-state index in [1.165, 1.54) is 12.1 Å². The molecule has 170 valence electrons. The standard InChI is InChI=1S/C22H30ClFN4O3/c1-3-14-8-20(28(2)27-14)22(30)26-19-10-18(12-6-13(19)7-12)25-21(29)11-31-15-4-5-16(23)17(24)9-15/h4-5,9,12-14,18-20,27H,3,6-8,10-11H2,1-2H3,(H,25,29)(H,26,30). The fourth-order valence-electron chi connectivity index (χ4n) is 5.02. The molecule has 7 nitrogen and oxygen atoms in total. The van der Waals surface area contributed by atoms with Crippen LogP contribution in [0.1, 0.15) is 39.0 Å². The number of fused-ring (bicyclic) bond motifs is 2. The SMILES string of the molecule is CCC1CC(C(=O)NC2CC(NC(=O)COc3ccc(Cl)c(F)c3)C3CC2C3)N(C)N1. The zero-order valence-corrected chi connectivity index (χ0v) is 18.6. The van der Waals surface area contributed by atoms with Crippen LogP contribution in [0, 0.1) is 17.7 Å². The van der Waals surface area contributed by atoms with Crippen molar-refractivity contribution >= 4 is 23.4 Å². The Bertz CT molecular complexity index is 835. The Morgan fingerprint density at radius 2 is 1.90 bits per heavy atom. The lowest BCUT2D eigenvalue weighted by atomic mass is 9.60. The van der Waals surface area contributed by atoms with Gasteiger partial charge in [-0.15, -0.1) is 0 Å². The predicted octanol–water partition coefficient (Wildman–Crippen LogP) is 2.24. The first-order valence-corrected chi connectivity index (χ1v) is 11.4. The summed E-state index contributed by atoms with van der Waals surface area (Å²) in [6.45, 7) is 1.92. The Labute approximate surface area is 187 Å². The van der Waals surface area contributed by atoms with E-state index in [-0.39, 0.29) is 47.3 Å². The number of nitrogens with one attached hydrogen (secondary N) is 3. The highest BCUT2D eigenvalue weighted by Crippen LogP contribution is 2.45. The number of benzene rings is 1. The molecule has 4 aliphatic rings. The number of rotatable bonds is 7. The van der Waals surface area contributed by atoms with E-state index in [1.807, 2.05) is 12.1 Å². The smallest absolute Gasteiger partial charge is 0.258 e. The maximum Gasteiger partial charge on any atom is 0.258 e. The summed E-state index contributed by atoms with van der Waals surface area (Å²) in [7, 11) is 1.91. The van der Waals surface area contributed by atoms with Gasteiger partial charge in [-0.05, 0) is 56.1 Å². The van der Waals surface area contributed by atoms with Gasteiger partial charge in [0.15, 0.2) is 6.61 Å². The van der Waals surface area contributed by atoms with Crippen LogP contribution in [0.5, 0.6) is 5.75 Å². The highest BCUT2D eigenvalue weighted by molar-refractivity contribution is 6.30. The Morgan fingerprint density at radius 1 is 1.19 bits per heavy atom. The highest BCUT2D eigenvalue weighted by atomic mass is 35.5. The minimum atomic E-state index is -0.584. The summed E-state index contributed by atoms with van der Waals surface area (Å²) in [5, 5.41) is 8.20. The molecule has 31 heavy (non-hydrogen) atoms. The molecule has 2 bridgehead atoms. The van der Waals surface area contributed by atoms with Crippen LogP contribution in [0.25, 0.3) is 0 Å². The van der Waals surface area contributed by atoms with Crippen molar-refractivity contribution in [3.8, 4) is 5.75 Å². The second-order valence-corrected chi connectivity index (χ2v) is 9.38. The van der Waals surface area contributed by atoms with Crippen LogP contribution >= 0.6 is 11.6 Å². The number of halogens is 2. The van der Waals surface area contributed by atoms with Crippen LogP contribution in [-0.2, 0) is 9.59 Å². The molecular formula is C22H30ClFN4O3. The maximum atomic E-state index is 13.5. The molecule has 0 radical (unpaired) electrons.